The highest BCUT2D eigenvalue weighted by molar-refractivity contribution is 8.00. The molecule has 9 heteroatoms. The fourth-order valence-electron chi connectivity index (χ4n) is 2.55. The van der Waals surface area contributed by atoms with E-state index in [1.807, 2.05) is 12.1 Å². The SMILES string of the molecule is NC(=O)c1ccc(SCC(=O)Oc2ccc(Cl)c3ccccc23)c([N+](=O)[O-])c1. The molecule has 0 aliphatic rings. The van der Waals surface area contributed by atoms with Gasteiger partial charge in [-0.05, 0) is 24.3 Å². The van der Waals surface area contributed by atoms with Crippen LogP contribution in [0.2, 0.25) is 5.02 Å². The molecule has 28 heavy (non-hydrogen) atoms. The Hall–Kier alpha value is -3.10. The Morgan fingerprint density at radius 1 is 1.11 bits per heavy atom. The van der Waals surface area contributed by atoms with Crippen molar-refractivity contribution in [3.8, 4) is 5.75 Å². The molecule has 0 bridgehead atoms. The predicted octanol–water partition coefficient (Wildman–Crippen LogP) is 4.20. The Labute approximate surface area is 168 Å². The monoisotopic (exact) mass is 416 g/mol. The third-order valence-corrected chi connectivity index (χ3v) is 5.21. The van der Waals surface area contributed by atoms with Gasteiger partial charge >= 0.3 is 5.97 Å². The van der Waals surface area contributed by atoms with E-state index < -0.39 is 16.8 Å². The van der Waals surface area contributed by atoms with E-state index in [2.05, 4.69) is 0 Å². The molecule has 3 aromatic carbocycles. The van der Waals surface area contributed by atoms with Gasteiger partial charge in [0.1, 0.15) is 5.75 Å². The molecule has 0 radical (unpaired) electrons. The van der Waals surface area contributed by atoms with E-state index in [1.165, 1.54) is 12.1 Å². The number of carbonyl (C=O) groups is 2. The van der Waals surface area contributed by atoms with E-state index >= 15 is 0 Å². The highest BCUT2D eigenvalue weighted by Gasteiger charge is 2.19. The van der Waals surface area contributed by atoms with E-state index in [1.54, 1.807) is 24.3 Å². The lowest BCUT2D eigenvalue weighted by atomic mass is 10.1. The van der Waals surface area contributed by atoms with Gasteiger partial charge in [-0.1, -0.05) is 35.9 Å². The first kappa shape index (κ1) is 19.7. The molecule has 1 amide bonds. The van der Waals surface area contributed by atoms with Crippen LogP contribution in [0.1, 0.15) is 10.4 Å². The fraction of sp³-hybridized carbons (Fsp3) is 0.0526. The highest BCUT2D eigenvalue weighted by atomic mass is 35.5. The van der Waals surface area contributed by atoms with E-state index in [9.17, 15) is 19.7 Å². The first-order valence-electron chi connectivity index (χ1n) is 7.96. The molecule has 0 aromatic heterocycles. The quantitative estimate of drug-likeness (QED) is 0.212. The number of rotatable bonds is 6. The van der Waals surface area contributed by atoms with Crippen LogP contribution in [0.15, 0.2) is 59.5 Å². The largest absolute Gasteiger partial charge is 0.425 e. The summed E-state index contributed by atoms with van der Waals surface area (Å²) in [7, 11) is 0. The number of primary amides is 1. The van der Waals surface area contributed by atoms with Gasteiger partial charge in [0.25, 0.3) is 5.69 Å². The van der Waals surface area contributed by atoms with Crippen molar-refractivity contribution in [2.75, 3.05) is 5.75 Å². The van der Waals surface area contributed by atoms with Gasteiger partial charge in [-0.3, -0.25) is 19.7 Å². The van der Waals surface area contributed by atoms with Crippen LogP contribution in [0.5, 0.6) is 5.75 Å². The lowest BCUT2D eigenvalue weighted by molar-refractivity contribution is -0.387. The third-order valence-electron chi connectivity index (χ3n) is 3.84. The van der Waals surface area contributed by atoms with Gasteiger partial charge in [-0.25, -0.2) is 0 Å². The molecular weight excluding hydrogens is 404 g/mol. The molecule has 0 spiro atoms. The number of ether oxygens (including phenoxy) is 1. The van der Waals surface area contributed by atoms with Gasteiger partial charge in [0.15, 0.2) is 0 Å². The Kier molecular flexibility index (Phi) is 5.81. The molecule has 3 aromatic rings. The molecule has 0 aliphatic heterocycles. The number of carbonyl (C=O) groups excluding carboxylic acids is 2. The summed E-state index contributed by atoms with van der Waals surface area (Å²) in [6, 6.07) is 14.3. The van der Waals surface area contributed by atoms with Gasteiger partial charge in [0.05, 0.1) is 15.6 Å². The van der Waals surface area contributed by atoms with Crippen LogP contribution < -0.4 is 10.5 Å². The van der Waals surface area contributed by atoms with E-state index in [4.69, 9.17) is 22.1 Å². The van der Waals surface area contributed by atoms with Crippen LogP contribution in [-0.2, 0) is 4.79 Å². The predicted molar refractivity (Wildman–Crippen MR) is 107 cm³/mol. The third kappa shape index (κ3) is 4.24. The maximum atomic E-state index is 12.3. The first-order valence-corrected chi connectivity index (χ1v) is 9.32. The zero-order valence-corrected chi connectivity index (χ0v) is 15.8. The molecule has 3 rings (SSSR count). The Balaban J connectivity index is 1.76. The second kappa shape index (κ2) is 8.28. The number of esters is 1. The van der Waals surface area contributed by atoms with Crippen LogP contribution >= 0.6 is 23.4 Å². The number of hydrogen-bond acceptors (Lipinski definition) is 6. The number of nitrogens with two attached hydrogens (primary N) is 1. The molecule has 0 saturated carbocycles. The average molecular weight is 417 g/mol. The molecule has 0 aliphatic carbocycles. The van der Waals surface area contributed by atoms with Gasteiger partial charge in [0.2, 0.25) is 5.91 Å². The molecule has 0 saturated heterocycles. The molecule has 0 fully saturated rings. The van der Waals surface area contributed by atoms with Gasteiger partial charge < -0.3 is 10.5 Å². The van der Waals surface area contributed by atoms with Crippen molar-refractivity contribution in [3.05, 3.63) is 75.3 Å². The first-order chi connectivity index (χ1) is 13.4. The summed E-state index contributed by atoms with van der Waals surface area (Å²) in [4.78, 5) is 34.3. The number of benzene rings is 3. The molecule has 142 valence electrons. The van der Waals surface area contributed by atoms with E-state index in [0.29, 0.717) is 16.2 Å². The van der Waals surface area contributed by atoms with Gasteiger partial charge in [-0.2, -0.15) is 0 Å². The maximum absolute atomic E-state index is 12.3. The van der Waals surface area contributed by atoms with E-state index in [-0.39, 0.29) is 21.9 Å². The summed E-state index contributed by atoms with van der Waals surface area (Å²) in [6.45, 7) is 0. The number of nitrogens with zero attached hydrogens (tertiary/aromatic N) is 1. The zero-order chi connectivity index (χ0) is 20.3. The number of nitro benzene ring substituents is 1. The molecule has 2 N–H and O–H groups in total. The molecule has 0 atom stereocenters. The Morgan fingerprint density at radius 3 is 2.50 bits per heavy atom. The summed E-state index contributed by atoms with van der Waals surface area (Å²) in [6.07, 6.45) is 0. The average Bonchev–Trinajstić information content (AvgIpc) is 2.68. The number of nitro groups is 1. The lowest BCUT2D eigenvalue weighted by Crippen LogP contribution is -2.12. The number of fused-ring (bicyclic) bond motifs is 1. The zero-order valence-electron chi connectivity index (χ0n) is 14.3. The number of amides is 1. The minimum Gasteiger partial charge on any atom is -0.425 e. The topological polar surface area (TPSA) is 113 Å². The van der Waals surface area contributed by atoms with Crippen molar-refractivity contribution in [2.24, 2.45) is 5.73 Å². The van der Waals surface area contributed by atoms with Crippen LogP contribution in [-0.4, -0.2) is 22.6 Å². The molecule has 0 heterocycles. The second-order valence-electron chi connectivity index (χ2n) is 5.66. The number of halogens is 1. The summed E-state index contributed by atoms with van der Waals surface area (Å²) in [5, 5.41) is 13.2. The number of thioether (sulfide) groups is 1. The summed E-state index contributed by atoms with van der Waals surface area (Å²) >= 11 is 7.08. The molecule has 7 nitrogen and oxygen atoms in total. The molecular formula is C19H13ClN2O5S. The minimum absolute atomic E-state index is 0.0197. The highest BCUT2D eigenvalue weighted by Crippen LogP contribution is 2.33. The van der Waals surface area contributed by atoms with Crippen LogP contribution in [0.3, 0.4) is 0 Å². The van der Waals surface area contributed by atoms with Crippen molar-refractivity contribution < 1.29 is 19.2 Å². The van der Waals surface area contributed by atoms with Gasteiger partial charge in [0, 0.05) is 27.4 Å². The van der Waals surface area contributed by atoms with Crippen molar-refractivity contribution in [1.29, 1.82) is 0 Å². The normalized spacial score (nSPS) is 10.6. The minimum atomic E-state index is -0.770. The van der Waals surface area contributed by atoms with Gasteiger partial charge in [-0.15, -0.1) is 11.8 Å². The smallest absolute Gasteiger partial charge is 0.321 e. The Bertz CT molecular complexity index is 1100. The van der Waals surface area contributed by atoms with Crippen LogP contribution in [0, 0.1) is 10.1 Å². The second-order valence-corrected chi connectivity index (χ2v) is 7.08. The summed E-state index contributed by atoms with van der Waals surface area (Å²) < 4.78 is 5.40. The Morgan fingerprint density at radius 2 is 1.82 bits per heavy atom. The lowest BCUT2D eigenvalue weighted by Gasteiger charge is -2.09. The molecule has 0 unspecified atom stereocenters. The van der Waals surface area contributed by atoms with Crippen LogP contribution in [0.4, 0.5) is 5.69 Å². The van der Waals surface area contributed by atoms with Crippen molar-refractivity contribution in [2.45, 2.75) is 4.90 Å². The maximum Gasteiger partial charge on any atom is 0.321 e. The summed E-state index contributed by atoms with van der Waals surface area (Å²) in [5.41, 5.74) is 4.86. The van der Waals surface area contributed by atoms with Crippen molar-refractivity contribution in [3.63, 3.8) is 0 Å². The standard InChI is InChI=1S/C19H13ClN2O5S/c20-14-6-7-16(13-4-2-1-3-12(13)14)27-18(23)10-28-17-8-5-11(19(21)24)9-15(17)22(25)26/h1-9H,10H2,(H2,21,24). The number of hydrogen-bond donors (Lipinski definition) is 1. The van der Waals surface area contributed by atoms with E-state index in [0.717, 1.165) is 23.2 Å². The van der Waals surface area contributed by atoms with Crippen molar-refractivity contribution in [1.82, 2.24) is 0 Å². The summed E-state index contributed by atoms with van der Waals surface area (Å²) in [5.74, 6) is -1.16. The van der Waals surface area contributed by atoms with Crippen LogP contribution in [0.25, 0.3) is 10.8 Å². The fourth-order valence-corrected chi connectivity index (χ4v) is 3.55. The van der Waals surface area contributed by atoms with Crippen molar-refractivity contribution >= 4 is 51.7 Å².